The van der Waals surface area contributed by atoms with Crippen LogP contribution in [0.15, 0.2) is 40.8 Å². The minimum absolute atomic E-state index is 0.0289. The third-order valence-electron chi connectivity index (χ3n) is 5.58. The second kappa shape index (κ2) is 7.52. The van der Waals surface area contributed by atoms with Crippen molar-refractivity contribution < 1.29 is 18.3 Å². The molecule has 1 aliphatic heterocycles. The van der Waals surface area contributed by atoms with Crippen molar-refractivity contribution in [1.82, 2.24) is 4.90 Å². The Labute approximate surface area is 152 Å². The highest BCUT2D eigenvalue weighted by atomic mass is 19.1. The van der Waals surface area contributed by atoms with E-state index in [1.54, 1.807) is 30.3 Å². The van der Waals surface area contributed by atoms with Gasteiger partial charge in [0.15, 0.2) is 17.3 Å². The van der Waals surface area contributed by atoms with Crippen LogP contribution < -0.4 is 4.74 Å². The average Bonchev–Trinajstić information content (AvgIpc) is 3.15. The largest absolute Gasteiger partial charge is 0.483 e. The zero-order chi connectivity index (χ0) is 17.9. The number of nitrogens with zero attached hydrogens (tertiary/aromatic N) is 1. The Morgan fingerprint density at radius 2 is 1.92 bits per heavy atom. The van der Waals surface area contributed by atoms with E-state index in [1.807, 2.05) is 4.90 Å². The SMILES string of the molecule is O=C(c1ccc(COc2ccccc2F)o1)N1CCC[C@@H]2CCCC[C@@H]21. The number of fused-ring (bicyclic) bond motifs is 1. The minimum atomic E-state index is -0.410. The van der Waals surface area contributed by atoms with Crippen LogP contribution in [0.1, 0.15) is 54.8 Å². The van der Waals surface area contributed by atoms with Crippen molar-refractivity contribution in [1.29, 1.82) is 0 Å². The van der Waals surface area contributed by atoms with Crippen LogP contribution >= 0.6 is 0 Å². The molecule has 0 N–H and O–H groups in total. The molecule has 2 heterocycles. The maximum atomic E-state index is 13.6. The Morgan fingerprint density at radius 1 is 1.12 bits per heavy atom. The second-order valence-corrected chi connectivity index (χ2v) is 7.24. The summed E-state index contributed by atoms with van der Waals surface area (Å²) in [4.78, 5) is 14.9. The van der Waals surface area contributed by atoms with Gasteiger partial charge >= 0.3 is 0 Å². The summed E-state index contributed by atoms with van der Waals surface area (Å²) in [6.07, 6.45) is 7.10. The summed E-state index contributed by atoms with van der Waals surface area (Å²) in [6, 6.07) is 10.0. The highest BCUT2D eigenvalue weighted by Crippen LogP contribution is 2.36. The molecular formula is C21H24FNO3. The molecule has 26 heavy (non-hydrogen) atoms. The number of carbonyl (C=O) groups excluding carboxylic acids is 1. The van der Waals surface area contributed by atoms with Gasteiger partial charge in [-0.1, -0.05) is 25.0 Å². The molecule has 138 valence electrons. The molecule has 0 spiro atoms. The lowest BCUT2D eigenvalue weighted by Crippen LogP contribution is -2.49. The average molecular weight is 357 g/mol. The van der Waals surface area contributed by atoms with Gasteiger partial charge in [0.05, 0.1) is 0 Å². The van der Waals surface area contributed by atoms with E-state index in [1.165, 1.54) is 31.7 Å². The fourth-order valence-corrected chi connectivity index (χ4v) is 4.30. The molecule has 2 aromatic rings. The zero-order valence-electron chi connectivity index (χ0n) is 14.8. The van der Waals surface area contributed by atoms with E-state index in [0.29, 0.717) is 23.5 Å². The van der Waals surface area contributed by atoms with Crippen molar-refractivity contribution >= 4 is 5.91 Å². The van der Waals surface area contributed by atoms with E-state index in [-0.39, 0.29) is 18.3 Å². The predicted octanol–water partition coefficient (Wildman–Crippen LogP) is 4.79. The standard InChI is InChI=1S/C21H24FNO3/c22-17-8-2-4-10-19(17)25-14-16-11-12-20(26-16)21(24)23-13-5-7-15-6-1-3-9-18(15)23/h2,4,8,10-12,15,18H,1,3,5-7,9,13-14H2/t15-,18-/m0/s1. The third-order valence-corrected chi connectivity index (χ3v) is 5.58. The fourth-order valence-electron chi connectivity index (χ4n) is 4.30. The van der Waals surface area contributed by atoms with Crippen molar-refractivity contribution in [3.05, 3.63) is 53.7 Å². The topological polar surface area (TPSA) is 42.7 Å². The number of hydrogen-bond donors (Lipinski definition) is 0. The van der Waals surface area contributed by atoms with E-state index in [9.17, 15) is 9.18 Å². The van der Waals surface area contributed by atoms with Gasteiger partial charge in [-0.05, 0) is 55.9 Å². The number of hydrogen-bond acceptors (Lipinski definition) is 3. The van der Waals surface area contributed by atoms with Gasteiger partial charge < -0.3 is 14.1 Å². The number of rotatable bonds is 4. The normalized spacial score (nSPS) is 22.7. The van der Waals surface area contributed by atoms with E-state index in [0.717, 1.165) is 19.4 Å². The summed E-state index contributed by atoms with van der Waals surface area (Å²) in [7, 11) is 0. The Hall–Kier alpha value is -2.30. The number of benzene rings is 1. The van der Waals surface area contributed by atoms with Gasteiger partial charge in [0.1, 0.15) is 12.4 Å². The van der Waals surface area contributed by atoms with Gasteiger partial charge in [-0.2, -0.15) is 0 Å². The van der Waals surface area contributed by atoms with E-state index in [2.05, 4.69) is 0 Å². The van der Waals surface area contributed by atoms with Gasteiger partial charge in [-0.15, -0.1) is 0 Å². The van der Waals surface area contributed by atoms with Crippen molar-refractivity contribution in [2.45, 2.75) is 51.2 Å². The first-order valence-electron chi connectivity index (χ1n) is 9.49. The van der Waals surface area contributed by atoms with Crippen LogP contribution in [0.5, 0.6) is 5.75 Å². The molecule has 1 aliphatic carbocycles. The van der Waals surface area contributed by atoms with Crippen LogP contribution in [0.2, 0.25) is 0 Å². The van der Waals surface area contributed by atoms with Crippen molar-refractivity contribution in [3.63, 3.8) is 0 Å². The number of amides is 1. The number of furan rings is 1. The number of piperidine rings is 1. The van der Waals surface area contributed by atoms with Gasteiger partial charge in [0.25, 0.3) is 5.91 Å². The summed E-state index contributed by atoms with van der Waals surface area (Å²) >= 11 is 0. The molecule has 0 radical (unpaired) electrons. The Balaban J connectivity index is 1.42. The summed E-state index contributed by atoms with van der Waals surface area (Å²) in [5, 5.41) is 0. The number of likely N-dealkylation sites (tertiary alicyclic amines) is 1. The lowest BCUT2D eigenvalue weighted by atomic mass is 9.78. The molecule has 1 amide bonds. The van der Waals surface area contributed by atoms with Crippen LogP contribution in [0, 0.1) is 11.7 Å². The molecule has 1 aromatic heterocycles. The Morgan fingerprint density at radius 3 is 2.81 bits per heavy atom. The zero-order valence-corrected chi connectivity index (χ0v) is 14.8. The number of halogens is 1. The molecule has 0 unspecified atom stereocenters. The van der Waals surface area contributed by atoms with Crippen LogP contribution in [0.3, 0.4) is 0 Å². The van der Waals surface area contributed by atoms with Gasteiger partial charge in [-0.25, -0.2) is 4.39 Å². The fraction of sp³-hybridized carbons (Fsp3) is 0.476. The molecule has 1 saturated heterocycles. The number of carbonyl (C=O) groups is 1. The molecule has 2 atom stereocenters. The van der Waals surface area contributed by atoms with Gasteiger partial charge in [-0.3, -0.25) is 4.79 Å². The summed E-state index contributed by atoms with van der Waals surface area (Å²) in [5.41, 5.74) is 0. The molecule has 2 fully saturated rings. The van der Waals surface area contributed by atoms with Crippen molar-refractivity contribution in [2.24, 2.45) is 5.92 Å². The Bertz CT molecular complexity index is 770. The summed E-state index contributed by atoms with van der Waals surface area (Å²) in [6.45, 7) is 0.905. The maximum absolute atomic E-state index is 13.6. The molecule has 5 heteroatoms. The molecule has 4 nitrogen and oxygen atoms in total. The molecule has 0 bridgehead atoms. The summed E-state index contributed by atoms with van der Waals surface area (Å²) < 4.78 is 24.8. The van der Waals surface area contributed by atoms with E-state index < -0.39 is 5.82 Å². The van der Waals surface area contributed by atoms with Crippen LogP contribution in [0.4, 0.5) is 4.39 Å². The molecule has 4 rings (SSSR count). The van der Waals surface area contributed by atoms with Crippen molar-refractivity contribution in [2.75, 3.05) is 6.54 Å². The minimum Gasteiger partial charge on any atom is -0.483 e. The van der Waals surface area contributed by atoms with Crippen molar-refractivity contribution in [3.8, 4) is 5.75 Å². The monoisotopic (exact) mass is 357 g/mol. The predicted molar refractivity (Wildman–Crippen MR) is 95.5 cm³/mol. The molecular weight excluding hydrogens is 333 g/mol. The number of ether oxygens (including phenoxy) is 1. The molecule has 2 aliphatic rings. The Kier molecular flexibility index (Phi) is 4.96. The second-order valence-electron chi connectivity index (χ2n) is 7.24. The van der Waals surface area contributed by atoms with Crippen LogP contribution in [-0.2, 0) is 6.61 Å². The quantitative estimate of drug-likeness (QED) is 0.790. The van der Waals surface area contributed by atoms with E-state index >= 15 is 0 Å². The first-order valence-corrected chi connectivity index (χ1v) is 9.49. The highest BCUT2D eigenvalue weighted by Gasteiger charge is 2.36. The third kappa shape index (κ3) is 3.48. The number of para-hydroxylation sites is 1. The first-order chi connectivity index (χ1) is 12.7. The van der Waals surface area contributed by atoms with Gasteiger partial charge in [0, 0.05) is 12.6 Å². The van der Waals surface area contributed by atoms with Gasteiger partial charge in [0.2, 0.25) is 0 Å². The highest BCUT2D eigenvalue weighted by molar-refractivity contribution is 5.91. The lowest BCUT2D eigenvalue weighted by Gasteiger charge is -2.43. The first kappa shape index (κ1) is 17.1. The molecule has 1 saturated carbocycles. The lowest BCUT2D eigenvalue weighted by molar-refractivity contribution is 0.0359. The van der Waals surface area contributed by atoms with Crippen LogP contribution in [0.25, 0.3) is 0 Å². The van der Waals surface area contributed by atoms with Crippen LogP contribution in [-0.4, -0.2) is 23.4 Å². The molecule has 1 aromatic carbocycles. The smallest absolute Gasteiger partial charge is 0.289 e. The van der Waals surface area contributed by atoms with E-state index in [4.69, 9.17) is 9.15 Å². The summed E-state index contributed by atoms with van der Waals surface area (Å²) in [5.74, 6) is 1.25. The maximum Gasteiger partial charge on any atom is 0.289 e.